The zero-order valence-electron chi connectivity index (χ0n) is 8.94. The van der Waals surface area contributed by atoms with Crippen molar-refractivity contribution in [2.45, 2.75) is 24.3 Å². The molecule has 1 heterocycles. The summed E-state index contributed by atoms with van der Waals surface area (Å²) in [6.07, 6.45) is 6.54. The fourth-order valence-corrected chi connectivity index (χ4v) is 1.56. The lowest BCUT2D eigenvalue weighted by Crippen LogP contribution is -2.03. The molecule has 1 rings (SSSR count). The summed E-state index contributed by atoms with van der Waals surface area (Å²) in [5, 5.41) is 12.8. The summed E-state index contributed by atoms with van der Waals surface area (Å²) in [4.78, 5) is 8.21. The Morgan fingerprint density at radius 3 is 2.93 bits per heavy atom. The number of aromatic nitrogens is 2. The van der Waals surface area contributed by atoms with E-state index in [-0.39, 0.29) is 6.61 Å². The van der Waals surface area contributed by atoms with Gasteiger partial charge in [0.1, 0.15) is 17.2 Å². The van der Waals surface area contributed by atoms with Crippen molar-refractivity contribution in [2.24, 2.45) is 0 Å². The highest BCUT2D eigenvalue weighted by atomic mass is 32.2. The molecule has 0 aliphatic rings. The van der Waals surface area contributed by atoms with Crippen molar-refractivity contribution in [1.29, 1.82) is 0 Å². The molecule has 15 heavy (non-hydrogen) atoms. The fourth-order valence-electron chi connectivity index (χ4n) is 1.18. The highest BCUT2D eigenvalue weighted by Crippen LogP contribution is 2.13. The first-order chi connectivity index (χ1) is 7.36. The average Bonchev–Trinajstić information content (AvgIpc) is 2.29. The summed E-state index contributed by atoms with van der Waals surface area (Å²) >= 11 is 1.61. The number of nitrogens with one attached hydrogen (secondary N) is 1. The number of unbranched alkanes of at least 4 members (excludes halogenated alkanes) is 2. The molecule has 0 bridgehead atoms. The molecule has 0 spiro atoms. The van der Waals surface area contributed by atoms with Crippen LogP contribution >= 0.6 is 11.8 Å². The normalized spacial score (nSPS) is 10.3. The maximum Gasteiger partial charge on any atom is 0.130 e. The zero-order valence-corrected chi connectivity index (χ0v) is 9.76. The summed E-state index contributed by atoms with van der Waals surface area (Å²) in [6.45, 7) is 1.18. The van der Waals surface area contributed by atoms with Gasteiger partial charge in [0.2, 0.25) is 0 Å². The maximum atomic E-state index is 8.61. The lowest BCUT2D eigenvalue weighted by Gasteiger charge is -2.05. The van der Waals surface area contributed by atoms with Crippen LogP contribution in [-0.4, -0.2) is 34.5 Å². The van der Waals surface area contributed by atoms with Gasteiger partial charge in [-0.2, -0.15) is 0 Å². The van der Waals surface area contributed by atoms with Gasteiger partial charge in [-0.1, -0.05) is 0 Å². The van der Waals surface area contributed by atoms with Crippen LogP contribution in [0.2, 0.25) is 0 Å². The molecule has 0 atom stereocenters. The molecule has 0 saturated carbocycles. The number of anilines is 1. The van der Waals surface area contributed by atoms with E-state index in [1.54, 1.807) is 18.1 Å². The third kappa shape index (κ3) is 4.99. The molecule has 0 unspecified atom stereocenters. The minimum atomic E-state index is 0.282. The summed E-state index contributed by atoms with van der Waals surface area (Å²) in [5.41, 5.74) is 0. The highest BCUT2D eigenvalue weighted by Gasteiger charge is 1.96. The van der Waals surface area contributed by atoms with Crippen LogP contribution in [0.15, 0.2) is 17.4 Å². The van der Waals surface area contributed by atoms with Crippen molar-refractivity contribution >= 4 is 17.6 Å². The minimum absolute atomic E-state index is 0.282. The molecule has 0 aromatic carbocycles. The van der Waals surface area contributed by atoms with E-state index in [4.69, 9.17) is 5.11 Å². The quantitative estimate of drug-likeness (QED) is 0.422. The van der Waals surface area contributed by atoms with Gasteiger partial charge in [-0.3, -0.25) is 0 Å². The number of hydrogen-bond donors (Lipinski definition) is 2. The van der Waals surface area contributed by atoms with Crippen LogP contribution in [0.4, 0.5) is 5.82 Å². The number of hydrogen-bond acceptors (Lipinski definition) is 5. The summed E-state index contributed by atoms with van der Waals surface area (Å²) in [6, 6.07) is 1.94. The van der Waals surface area contributed by atoms with Gasteiger partial charge in [-0.15, -0.1) is 11.8 Å². The van der Waals surface area contributed by atoms with Gasteiger partial charge in [0.25, 0.3) is 0 Å². The molecule has 4 nitrogen and oxygen atoms in total. The molecule has 0 aliphatic heterocycles. The van der Waals surface area contributed by atoms with Gasteiger partial charge in [-0.25, -0.2) is 9.97 Å². The molecule has 1 aromatic rings. The zero-order chi connectivity index (χ0) is 10.9. The van der Waals surface area contributed by atoms with Gasteiger partial charge in [0.05, 0.1) is 0 Å². The first kappa shape index (κ1) is 12.3. The molecular formula is C10H17N3OS. The standard InChI is InChI=1S/C10H17N3OS/c1-15-10-7-9(12-8-13-10)11-5-3-2-4-6-14/h7-8,14H,2-6H2,1H3,(H,11,12,13). The van der Waals surface area contributed by atoms with Gasteiger partial charge < -0.3 is 10.4 Å². The van der Waals surface area contributed by atoms with E-state index < -0.39 is 0 Å². The van der Waals surface area contributed by atoms with Crippen molar-refractivity contribution in [3.63, 3.8) is 0 Å². The van der Waals surface area contributed by atoms with Crippen LogP contribution in [0.3, 0.4) is 0 Å². The van der Waals surface area contributed by atoms with Crippen molar-refractivity contribution in [3.8, 4) is 0 Å². The van der Waals surface area contributed by atoms with Crippen LogP contribution in [-0.2, 0) is 0 Å². The van der Waals surface area contributed by atoms with Crippen LogP contribution in [0, 0.1) is 0 Å². The van der Waals surface area contributed by atoms with E-state index in [0.29, 0.717) is 0 Å². The summed E-state index contributed by atoms with van der Waals surface area (Å²) < 4.78 is 0. The van der Waals surface area contributed by atoms with Crippen molar-refractivity contribution in [2.75, 3.05) is 24.7 Å². The van der Waals surface area contributed by atoms with Gasteiger partial charge >= 0.3 is 0 Å². The molecule has 5 heteroatoms. The predicted molar refractivity (Wildman–Crippen MR) is 63.2 cm³/mol. The monoisotopic (exact) mass is 227 g/mol. The van der Waals surface area contributed by atoms with Gasteiger partial charge in [0.15, 0.2) is 0 Å². The Morgan fingerprint density at radius 1 is 1.33 bits per heavy atom. The highest BCUT2D eigenvalue weighted by molar-refractivity contribution is 7.98. The number of nitrogens with zero attached hydrogens (tertiary/aromatic N) is 2. The maximum absolute atomic E-state index is 8.61. The van der Waals surface area contributed by atoms with Crippen LogP contribution in [0.25, 0.3) is 0 Å². The number of aliphatic hydroxyl groups excluding tert-OH is 1. The molecular weight excluding hydrogens is 210 g/mol. The van der Waals surface area contributed by atoms with Gasteiger partial charge in [0, 0.05) is 19.2 Å². The van der Waals surface area contributed by atoms with E-state index in [1.807, 2.05) is 12.3 Å². The molecule has 84 valence electrons. The lowest BCUT2D eigenvalue weighted by atomic mass is 10.2. The van der Waals surface area contributed by atoms with Crippen molar-refractivity contribution < 1.29 is 5.11 Å². The number of thioether (sulfide) groups is 1. The summed E-state index contributed by atoms with van der Waals surface area (Å²) in [7, 11) is 0. The third-order valence-corrected chi connectivity index (χ3v) is 2.63. The smallest absolute Gasteiger partial charge is 0.130 e. The topological polar surface area (TPSA) is 58.0 Å². The molecule has 2 N–H and O–H groups in total. The van der Waals surface area contributed by atoms with E-state index in [2.05, 4.69) is 15.3 Å². The van der Waals surface area contributed by atoms with Crippen LogP contribution < -0.4 is 5.32 Å². The Balaban J connectivity index is 2.24. The molecule has 0 radical (unpaired) electrons. The Hall–Kier alpha value is -0.810. The SMILES string of the molecule is CSc1cc(NCCCCCO)ncn1. The molecule has 1 aromatic heterocycles. The molecule has 0 aliphatic carbocycles. The Bertz CT molecular complexity index is 283. The lowest BCUT2D eigenvalue weighted by molar-refractivity contribution is 0.283. The second-order valence-electron chi connectivity index (χ2n) is 3.16. The number of aliphatic hydroxyl groups is 1. The largest absolute Gasteiger partial charge is 0.396 e. The summed E-state index contributed by atoms with van der Waals surface area (Å²) in [5.74, 6) is 0.873. The molecule has 0 saturated heterocycles. The van der Waals surface area contributed by atoms with E-state index in [0.717, 1.165) is 36.7 Å². The van der Waals surface area contributed by atoms with Crippen molar-refractivity contribution in [1.82, 2.24) is 9.97 Å². The average molecular weight is 227 g/mol. The van der Waals surface area contributed by atoms with Crippen molar-refractivity contribution in [3.05, 3.63) is 12.4 Å². The molecule has 0 amide bonds. The Labute approximate surface area is 94.5 Å². The van der Waals surface area contributed by atoms with E-state index in [1.165, 1.54) is 0 Å². The van der Waals surface area contributed by atoms with Crippen LogP contribution in [0.1, 0.15) is 19.3 Å². The first-order valence-corrected chi connectivity index (χ1v) is 6.30. The number of rotatable bonds is 7. The van der Waals surface area contributed by atoms with E-state index >= 15 is 0 Å². The van der Waals surface area contributed by atoms with Crippen LogP contribution in [0.5, 0.6) is 0 Å². The van der Waals surface area contributed by atoms with E-state index in [9.17, 15) is 0 Å². The second kappa shape index (κ2) is 7.48. The third-order valence-electron chi connectivity index (χ3n) is 1.99. The molecule has 0 fully saturated rings. The minimum Gasteiger partial charge on any atom is -0.396 e. The second-order valence-corrected chi connectivity index (χ2v) is 3.98. The fraction of sp³-hybridized carbons (Fsp3) is 0.600. The van der Waals surface area contributed by atoms with Gasteiger partial charge in [-0.05, 0) is 25.5 Å². The Morgan fingerprint density at radius 2 is 2.20 bits per heavy atom. The first-order valence-electron chi connectivity index (χ1n) is 5.07. The Kier molecular flexibility index (Phi) is 6.11. The predicted octanol–water partition coefficient (Wildman–Crippen LogP) is 1.77.